The van der Waals surface area contributed by atoms with E-state index in [-0.39, 0.29) is 5.91 Å². The van der Waals surface area contributed by atoms with Gasteiger partial charge >= 0.3 is 0 Å². The van der Waals surface area contributed by atoms with Crippen LogP contribution >= 0.6 is 0 Å². The maximum Gasteiger partial charge on any atom is 0.238 e. The molecule has 1 atom stereocenters. The first-order chi connectivity index (χ1) is 9.72. The summed E-state index contributed by atoms with van der Waals surface area (Å²) in [6.07, 6.45) is 2.26. The van der Waals surface area contributed by atoms with Crippen molar-refractivity contribution >= 4 is 11.6 Å². The number of para-hydroxylation sites is 1. The minimum absolute atomic E-state index is 0.0653. The number of carbonyl (C=O) groups is 1. The van der Waals surface area contributed by atoms with E-state index in [1.165, 1.54) is 0 Å². The van der Waals surface area contributed by atoms with Crippen LogP contribution in [0, 0.1) is 11.3 Å². The number of likely N-dealkylation sites (N-methyl/N-ethyl adjacent to an activating group) is 1. The summed E-state index contributed by atoms with van der Waals surface area (Å²) < 4.78 is 0. The van der Waals surface area contributed by atoms with E-state index in [0.717, 1.165) is 25.9 Å². The fourth-order valence-corrected chi connectivity index (χ4v) is 2.52. The van der Waals surface area contributed by atoms with Crippen LogP contribution < -0.4 is 10.6 Å². The molecule has 0 bridgehead atoms. The molecule has 1 aromatic carbocycles. The number of carbonyl (C=O) groups excluding carboxylic acids is 1. The molecule has 20 heavy (non-hydrogen) atoms. The predicted molar refractivity (Wildman–Crippen MR) is 78.3 cm³/mol. The molecule has 2 rings (SSSR count). The average molecular weight is 272 g/mol. The van der Waals surface area contributed by atoms with Gasteiger partial charge in [0.25, 0.3) is 0 Å². The van der Waals surface area contributed by atoms with Gasteiger partial charge in [0.2, 0.25) is 5.91 Å². The van der Waals surface area contributed by atoms with Crippen molar-refractivity contribution in [1.29, 1.82) is 5.26 Å². The summed E-state index contributed by atoms with van der Waals surface area (Å²) in [4.78, 5) is 14.2. The molecule has 1 amide bonds. The molecule has 1 aliphatic rings. The van der Waals surface area contributed by atoms with Crippen LogP contribution in [0.3, 0.4) is 0 Å². The van der Waals surface area contributed by atoms with Gasteiger partial charge in [-0.15, -0.1) is 0 Å². The number of amides is 1. The minimum atomic E-state index is -0.0653. The minimum Gasteiger partial charge on any atom is -0.324 e. The Balaban J connectivity index is 1.91. The number of hydrogen-bond donors (Lipinski definition) is 2. The second kappa shape index (κ2) is 7.04. The third kappa shape index (κ3) is 3.80. The molecule has 106 valence electrons. The van der Waals surface area contributed by atoms with Crippen molar-refractivity contribution in [1.82, 2.24) is 10.2 Å². The normalized spacial score (nSPS) is 19.3. The zero-order chi connectivity index (χ0) is 14.4. The largest absolute Gasteiger partial charge is 0.324 e. The van der Waals surface area contributed by atoms with E-state index in [2.05, 4.69) is 21.6 Å². The van der Waals surface area contributed by atoms with Crippen LogP contribution in [0.2, 0.25) is 0 Å². The van der Waals surface area contributed by atoms with Crippen molar-refractivity contribution < 1.29 is 4.79 Å². The first kappa shape index (κ1) is 14.5. The van der Waals surface area contributed by atoms with Gasteiger partial charge in [0.05, 0.1) is 17.8 Å². The Bertz CT molecular complexity index is 509. The van der Waals surface area contributed by atoms with Gasteiger partial charge < -0.3 is 10.6 Å². The Morgan fingerprint density at radius 1 is 1.50 bits per heavy atom. The van der Waals surface area contributed by atoms with Crippen LogP contribution in [0.4, 0.5) is 5.69 Å². The highest BCUT2D eigenvalue weighted by atomic mass is 16.2. The molecule has 0 saturated carbocycles. The van der Waals surface area contributed by atoms with Crippen LogP contribution in [0.5, 0.6) is 0 Å². The van der Waals surface area contributed by atoms with Crippen LogP contribution in [0.1, 0.15) is 18.4 Å². The van der Waals surface area contributed by atoms with E-state index in [9.17, 15) is 4.79 Å². The van der Waals surface area contributed by atoms with Crippen molar-refractivity contribution in [3.8, 4) is 6.07 Å². The molecule has 1 heterocycles. The van der Waals surface area contributed by atoms with Crippen LogP contribution in [-0.4, -0.2) is 43.5 Å². The molecular formula is C15H20N4O. The monoisotopic (exact) mass is 272 g/mol. The Morgan fingerprint density at radius 3 is 3.05 bits per heavy atom. The Morgan fingerprint density at radius 2 is 2.30 bits per heavy atom. The van der Waals surface area contributed by atoms with Gasteiger partial charge in [-0.25, -0.2) is 0 Å². The molecule has 1 fully saturated rings. The lowest BCUT2D eigenvalue weighted by molar-refractivity contribution is -0.117. The SMILES string of the molecule is CNC1CCCN(CC(=O)Nc2ccccc2C#N)C1. The van der Waals surface area contributed by atoms with Gasteiger partial charge in [-0.2, -0.15) is 5.26 Å². The first-order valence-corrected chi connectivity index (χ1v) is 6.91. The van der Waals surface area contributed by atoms with E-state index in [0.29, 0.717) is 23.8 Å². The first-order valence-electron chi connectivity index (χ1n) is 6.91. The number of likely N-dealkylation sites (tertiary alicyclic amines) is 1. The molecular weight excluding hydrogens is 252 g/mol. The Kier molecular flexibility index (Phi) is 5.10. The van der Waals surface area contributed by atoms with Crippen molar-refractivity contribution in [2.45, 2.75) is 18.9 Å². The topological polar surface area (TPSA) is 68.2 Å². The number of nitrogens with zero attached hydrogens (tertiary/aromatic N) is 2. The van der Waals surface area contributed by atoms with Gasteiger partial charge in [0, 0.05) is 12.6 Å². The highest BCUT2D eigenvalue weighted by Gasteiger charge is 2.20. The third-order valence-electron chi connectivity index (χ3n) is 3.60. The van der Waals surface area contributed by atoms with Crippen molar-refractivity contribution in [3.05, 3.63) is 29.8 Å². The summed E-state index contributed by atoms with van der Waals surface area (Å²) in [7, 11) is 1.96. The number of anilines is 1. The van der Waals surface area contributed by atoms with E-state index in [1.54, 1.807) is 18.2 Å². The predicted octanol–water partition coefficient (Wildman–Crippen LogP) is 1.18. The van der Waals surface area contributed by atoms with E-state index < -0.39 is 0 Å². The number of hydrogen-bond acceptors (Lipinski definition) is 4. The van der Waals surface area contributed by atoms with Crippen LogP contribution in [-0.2, 0) is 4.79 Å². The molecule has 5 nitrogen and oxygen atoms in total. The molecule has 0 aromatic heterocycles. The summed E-state index contributed by atoms with van der Waals surface area (Å²) >= 11 is 0. The quantitative estimate of drug-likeness (QED) is 0.863. The molecule has 1 aliphatic heterocycles. The number of nitriles is 1. The summed E-state index contributed by atoms with van der Waals surface area (Å²) in [5.74, 6) is -0.0653. The van der Waals surface area contributed by atoms with E-state index >= 15 is 0 Å². The van der Waals surface area contributed by atoms with Gasteiger partial charge in [0.15, 0.2) is 0 Å². The van der Waals surface area contributed by atoms with Crippen molar-refractivity contribution in [3.63, 3.8) is 0 Å². The molecule has 5 heteroatoms. The second-order valence-corrected chi connectivity index (χ2v) is 5.07. The van der Waals surface area contributed by atoms with Crippen molar-refractivity contribution in [2.75, 3.05) is 32.0 Å². The number of benzene rings is 1. The summed E-state index contributed by atoms with van der Waals surface area (Å²) in [6, 6.07) is 9.60. The Hall–Kier alpha value is -1.90. The fraction of sp³-hybridized carbons (Fsp3) is 0.467. The lowest BCUT2D eigenvalue weighted by Gasteiger charge is -2.31. The van der Waals surface area contributed by atoms with E-state index in [1.807, 2.05) is 13.1 Å². The summed E-state index contributed by atoms with van der Waals surface area (Å²) in [5, 5.41) is 15.1. The van der Waals surface area contributed by atoms with E-state index in [4.69, 9.17) is 5.26 Å². The molecule has 0 spiro atoms. The average Bonchev–Trinajstić information content (AvgIpc) is 2.48. The molecule has 0 radical (unpaired) electrons. The standard InChI is InChI=1S/C15H20N4O/c1-17-13-6-4-8-19(10-13)11-15(20)18-14-7-3-2-5-12(14)9-16/h2-3,5,7,13,17H,4,6,8,10-11H2,1H3,(H,18,20). The molecule has 2 N–H and O–H groups in total. The fourth-order valence-electron chi connectivity index (χ4n) is 2.52. The smallest absolute Gasteiger partial charge is 0.238 e. The van der Waals surface area contributed by atoms with Crippen LogP contribution in [0.15, 0.2) is 24.3 Å². The number of rotatable bonds is 4. The molecule has 1 unspecified atom stereocenters. The number of nitrogens with one attached hydrogen (secondary N) is 2. The highest BCUT2D eigenvalue weighted by Crippen LogP contribution is 2.14. The second-order valence-electron chi connectivity index (χ2n) is 5.07. The van der Waals surface area contributed by atoms with Gasteiger partial charge in [-0.1, -0.05) is 12.1 Å². The zero-order valence-electron chi connectivity index (χ0n) is 11.7. The zero-order valence-corrected chi connectivity index (χ0v) is 11.7. The maximum absolute atomic E-state index is 12.1. The third-order valence-corrected chi connectivity index (χ3v) is 3.60. The van der Waals surface area contributed by atoms with Gasteiger partial charge in [0.1, 0.15) is 6.07 Å². The highest BCUT2D eigenvalue weighted by molar-refractivity contribution is 5.93. The molecule has 0 aliphatic carbocycles. The molecule has 1 saturated heterocycles. The maximum atomic E-state index is 12.1. The van der Waals surface area contributed by atoms with Gasteiger partial charge in [-0.3, -0.25) is 9.69 Å². The van der Waals surface area contributed by atoms with Crippen molar-refractivity contribution in [2.24, 2.45) is 0 Å². The Labute approximate surface area is 119 Å². The summed E-state index contributed by atoms with van der Waals surface area (Å²) in [5.41, 5.74) is 1.08. The van der Waals surface area contributed by atoms with Crippen LogP contribution in [0.25, 0.3) is 0 Å². The van der Waals surface area contributed by atoms with Gasteiger partial charge in [-0.05, 0) is 38.6 Å². The lowest BCUT2D eigenvalue weighted by atomic mass is 10.1. The summed E-state index contributed by atoms with van der Waals surface area (Å²) in [6.45, 7) is 2.22. The number of piperidine rings is 1. The molecule has 1 aromatic rings. The lowest BCUT2D eigenvalue weighted by Crippen LogP contribution is -2.46.